The summed E-state index contributed by atoms with van der Waals surface area (Å²) in [6, 6.07) is 20.1. The number of nitrogens with one attached hydrogen (secondary N) is 2. The number of carbonyl (C=O) groups excluding carboxylic acids is 1. The molecule has 4 aromatic rings. The maximum absolute atomic E-state index is 13.1. The zero-order valence-electron chi connectivity index (χ0n) is 25.2. The Hall–Kier alpha value is -2.86. The van der Waals surface area contributed by atoms with E-state index in [1.54, 1.807) is 36.4 Å². The Morgan fingerprint density at radius 1 is 1.04 bits per heavy atom. The largest absolute Gasteiger partial charge is 0.353 e. The molecule has 1 fully saturated rings. The molecule has 7 nitrogen and oxygen atoms in total. The molecule has 240 valence electrons. The number of sulfonamides is 1. The number of hydrogen-bond acceptors (Lipinski definition) is 7. The number of amides is 1. The van der Waals surface area contributed by atoms with Gasteiger partial charge in [0, 0.05) is 47.3 Å². The fourth-order valence-corrected chi connectivity index (χ4v) is 8.95. The van der Waals surface area contributed by atoms with Crippen LogP contribution in [0.5, 0.6) is 0 Å². The van der Waals surface area contributed by atoms with Gasteiger partial charge in [-0.05, 0) is 66.3 Å². The normalized spacial score (nSPS) is 18.1. The highest BCUT2D eigenvalue weighted by molar-refractivity contribution is 8.01. The second-order valence-electron chi connectivity index (χ2n) is 11.7. The third kappa shape index (κ3) is 8.16. The summed E-state index contributed by atoms with van der Waals surface area (Å²) in [5, 5.41) is 8.34. The second-order valence-corrected chi connectivity index (χ2v) is 16.3. The molecule has 1 unspecified atom stereocenters. The van der Waals surface area contributed by atoms with Crippen molar-refractivity contribution in [3.8, 4) is 11.3 Å². The number of carbonyl (C=O) groups is 1. The van der Waals surface area contributed by atoms with E-state index >= 15 is 0 Å². The summed E-state index contributed by atoms with van der Waals surface area (Å²) in [7, 11) is -3.78. The molecule has 1 aliphatic carbocycles. The van der Waals surface area contributed by atoms with E-state index in [2.05, 4.69) is 21.9 Å². The fraction of sp³-hybridized carbons (Fsp3) is 0.294. The summed E-state index contributed by atoms with van der Waals surface area (Å²) in [6.07, 6.45) is 4.62. The van der Waals surface area contributed by atoms with E-state index in [0.717, 1.165) is 70.3 Å². The van der Waals surface area contributed by atoms with Crippen molar-refractivity contribution in [3.05, 3.63) is 93.8 Å². The van der Waals surface area contributed by atoms with E-state index < -0.39 is 10.0 Å². The third-order valence-corrected chi connectivity index (χ3v) is 12.5. The minimum Gasteiger partial charge on any atom is -0.353 e. The molecule has 0 saturated carbocycles. The van der Waals surface area contributed by atoms with Gasteiger partial charge in [0.05, 0.1) is 21.4 Å². The van der Waals surface area contributed by atoms with Gasteiger partial charge in [-0.1, -0.05) is 89.9 Å². The highest BCUT2D eigenvalue weighted by atomic mass is 35.5. The number of piperidine rings is 1. The lowest BCUT2D eigenvalue weighted by atomic mass is 9.92. The van der Waals surface area contributed by atoms with Crippen LogP contribution in [0.1, 0.15) is 26.2 Å². The quantitative estimate of drug-likeness (QED) is 0.162. The smallest absolute Gasteiger partial charge is 0.261 e. The first kappa shape index (κ1) is 33.1. The summed E-state index contributed by atoms with van der Waals surface area (Å²) in [6.45, 7) is 4.90. The fourth-order valence-electron chi connectivity index (χ4n) is 5.72. The predicted octanol–water partition coefficient (Wildman–Crippen LogP) is 8.09. The highest BCUT2D eigenvalue weighted by Crippen LogP contribution is 2.34. The number of anilines is 1. The Labute approximate surface area is 288 Å². The third-order valence-electron chi connectivity index (χ3n) is 8.30. The highest BCUT2D eigenvalue weighted by Gasteiger charge is 2.25. The molecule has 1 atom stereocenters. The number of halogens is 2. The van der Waals surface area contributed by atoms with Crippen LogP contribution in [-0.4, -0.2) is 55.6 Å². The predicted molar refractivity (Wildman–Crippen MR) is 191 cm³/mol. The number of nitrogens with zero attached hydrogens (tertiary/aromatic N) is 2. The van der Waals surface area contributed by atoms with Crippen LogP contribution in [0.15, 0.2) is 103 Å². The molecule has 1 saturated heterocycles. The van der Waals surface area contributed by atoms with Crippen LogP contribution in [0.25, 0.3) is 22.0 Å². The zero-order chi connectivity index (χ0) is 32.3. The number of hydrogen-bond donors (Lipinski definition) is 2. The lowest BCUT2D eigenvalue weighted by molar-refractivity contribution is -0.119. The van der Waals surface area contributed by atoms with Gasteiger partial charge in [0.1, 0.15) is 0 Å². The first-order valence-electron chi connectivity index (χ1n) is 15.1. The number of allylic oxidation sites excluding steroid dienone is 3. The summed E-state index contributed by atoms with van der Waals surface area (Å²) >= 11 is 15.4. The van der Waals surface area contributed by atoms with Crippen LogP contribution in [-0.2, 0) is 14.8 Å². The summed E-state index contributed by atoms with van der Waals surface area (Å²) in [5.41, 5.74) is 3.28. The number of benzene rings is 3. The Balaban J connectivity index is 0.986. The van der Waals surface area contributed by atoms with Crippen LogP contribution in [0.3, 0.4) is 0 Å². The molecule has 2 N–H and O–H groups in total. The van der Waals surface area contributed by atoms with E-state index in [0.29, 0.717) is 16.6 Å². The van der Waals surface area contributed by atoms with E-state index in [4.69, 9.17) is 28.2 Å². The molecule has 1 amide bonds. The van der Waals surface area contributed by atoms with Crippen LogP contribution in [0.2, 0.25) is 0 Å². The van der Waals surface area contributed by atoms with Crippen molar-refractivity contribution in [1.29, 1.82) is 0 Å². The van der Waals surface area contributed by atoms with E-state index in [1.165, 1.54) is 28.7 Å². The average Bonchev–Trinajstić information content (AvgIpc) is 3.53. The van der Waals surface area contributed by atoms with Gasteiger partial charge in [-0.15, -0.1) is 11.3 Å². The van der Waals surface area contributed by atoms with Gasteiger partial charge in [0.15, 0.2) is 4.34 Å². The number of thioether (sulfide) groups is 1. The molecular formula is C34H34Cl2N4O3S3. The number of thiazole rings is 1. The van der Waals surface area contributed by atoms with Crippen LogP contribution < -0.4 is 10.0 Å². The minimum atomic E-state index is -3.78. The summed E-state index contributed by atoms with van der Waals surface area (Å²) < 4.78 is 29.8. The van der Waals surface area contributed by atoms with E-state index in [9.17, 15) is 13.2 Å². The Kier molecular flexibility index (Phi) is 10.4. The molecule has 46 heavy (non-hydrogen) atoms. The number of fused-ring (bicyclic) bond motifs is 1. The monoisotopic (exact) mass is 712 g/mol. The molecule has 3 aromatic carbocycles. The Bertz CT molecular complexity index is 1920. The lowest BCUT2D eigenvalue weighted by Gasteiger charge is -2.34. The standard InChI is InChI=1S/C34H34Cl2N4O3S3/c1-22-15-30(35)31(36)18-26(22)19-40-13-11-27(12-14-40)37-33(41)21-45-34-38-32(20-44-34)25-7-4-8-28(16-25)39-46(42,43)29-10-9-23-5-2-3-6-24(23)17-29/h2-10,16-18,20,22,27,39H,11-15,19,21H2,1H3,(H,37,41). The van der Waals surface area contributed by atoms with Crippen molar-refractivity contribution in [2.24, 2.45) is 5.92 Å². The van der Waals surface area contributed by atoms with Gasteiger partial charge in [-0.3, -0.25) is 14.4 Å². The van der Waals surface area contributed by atoms with Crippen molar-refractivity contribution in [1.82, 2.24) is 15.2 Å². The van der Waals surface area contributed by atoms with E-state index in [1.807, 2.05) is 41.8 Å². The Morgan fingerprint density at radius 2 is 1.83 bits per heavy atom. The SMILES string of the molecule is CC1CC(Cl)=C(Cl)C=C1CN1CCC(NC(=O)CSc2nc(-c3cccc(NS(=O)(=O)c4ccc5ccccc5c4)c3)cs2)CC1. The van der Waals surface area contributed by atoms with Crippen molar-refractivity contribution >= 4 is 78.7 Å². The molecule has 2 heterocycles. The summed E-state index contributed by atoms with van der Waals surface area (Å²) in [5.74, 6) is 0.670. The van der Waals surface area contributed by atoms with Crippen LogP contribution >= 0.6 is 46.3 Å². The maximum atomic E-state index is 13.1. The first-order chi connectivity index (χ1) is 22.1. The zero-order valence-corrected chi connectivity index (χ0v) is 29.2. The van der Waals surface area contributed by atoms with Gasteiger partial charge in [0.25, 0.3) is 10.0 Å². The number of rotatable bonds is 10. The van der Waals surface area contributed by atoms with Crippen molar-refractivity contribution < 1.29 is 13.2 Å². The van der Waals surface area contributed by atoms with Gasteiger partial charge in [0.2, 0.25) is 5.91 Å². The van der Waals surface area contributed by atoms with Crippen molar-refractivity contribution in [2.75, 3.05) is 30.1 Å². The molecule has 0 radical (unpaired) electrons. The average molecular weight is 714 g/mol. The van der Waals surface area contributed by atoms with Crippen LogP contribution in [0.4, 0.5) is 5.69 Å². The van der Waals surface area contributed by atoms with Crippen molar-refractivity contribution in [3.63, 3.8) is 0 Å². The molecule has 1 aliphatic heterocycles. The van der Waals surface area contributed by atoms with Gasteiger partial charge < -0.3 is 5.32 Å². The minimum absolute atomic E-state index is 0.000432. The Morgan fingerprint density at radius 3 is 2.63 bits per heavy atom. The second kappa shape index (κ2) is 14.5. The summed E-state index contributed by atoms with van der Waals surface area (Å²) in [4.78, 5) is 20.1. The van der Waals surface area contributed by atoms with Gasteiger partial charge in [-0.2, -0.15) is 0 Å². The maximum Gasteiger partial charge on any atom is 0.261 e. The number of likely N-dealkylation sites (tertiary alicyclic amines) is 1. The van der Waals surface area contributed by atoms with E-state index in [-0.39, 0.29) is 22.6 Å². The topological polar surface area (TPSA) is 91.4 Å². The number of aromatic nitrogens is 1. The van der Waals surface area contributed by atoms with Gasteiger partial charge in [-0.25, -0.2) is 13.4 Å². The molecule has 12 heteroatoms. The first-order valence-corrected chi connectivity index (χ1v) is 19.2. The molecule has 1 aromatic heterocycles. The van der Waals surface area contributed by atoms with Crippen LogP contribution in [0, 0.1) is 5.92 Å². The molecule has 6 rings (SSSR count). The molecular weight excluding hydrogens is 680 g/mol. The van der Waals surface area contributed by atoms with Gasteiger partial charge >= 0.3 is 0 Å². The molecule has 0 spiro atoms. The van der Waals surface area contributed by atoms with Crippen molar-refractivity contribution in [2.45, 2.75) is 41.5 Å². The lowest BCUT2D eigenvalue weighted by Crippen LogP contribution is -2.45. The molecule has 0 bridgehead atoms. The molecule has 2 aliphatic rings.